The third-order valence-corrected chi connectivity index (χ3v) is 4.04. The summed E-state index contributed by atoms with van der Waals surface area (Å²) in [5.74, 6) is 1.50. The predicted molar refractivity (Wildman–Crippen MR) is 82.1 cm³/mol. The van der Waals surface area contributed by atoms with Crippen molar-refractivity contribution in [2.24, 2.45) is 5.92 Å². The van der Waals surface area contributed by atoms with Crippen molar-refractivity contribution in [2.75, 3.05) is 31.1 Å². The maximum atomic E-state index is 4.73. The molecule has 0 spiro atoms. The number of nitrogens with one attached hydrogen (secondary N) is 1. The summed E-state index contributed by atoms with van der Waals surface area (Å²) in [7, 11) is 0. The molecular weight excluding hydrogens is 250 g/mol. The van der Waals surface area contributed by atoms with Crippen LogP contribution in [0.5, 0.6) is 0 Å². The summed E-state index contributed by atoms with van der Waals surface area (Å²) in [6, 6.07) is 0. The van der Waals surface area contributed by atoms with Gasteiger partial charge in [0.1, 0.15) is 0 Å². The van der Waals surface area contributed by atoms with Crippen molar-refractivity contribution in [3.05, 3.63) is 11.4 Å². The van der Waals surface area contributed by atoms with Crippen LogP contribution >= 0.6 is 0 Å². The highest BCUT2D eigenvalue weighted by Crippen LogP contribution is 2.16. The molecule has 0 aromatic carbocycles. The molecule has 1 aliphatic rings. The Kier molecular flexibility index (Phi) is 5.71. The standard InChI is InChI=1S/C15H27N5/c1-4-13-14(5-2)18-19-15(17-13)20(6-3)11-12-8-7-9-16-10-12/h12,16H,4-11H2,1-3H3. The van der Waals surface area contributed by atoms with Crippen LogP contribution in [0.1, 0.15) is 45.0 Å². The van der Waals surface area contributed by atoms with E-state index in [9.17, 15) is 0 Å². The molecule has 112 valence electrons. The average molecular weight is 277 g/mol. The summed E-state index contributed by atoms with van der Waals surface area (Å²) < 4.78 is 0. The zero-order valence-electron chi connectivity index (χ0n) is 13.0. The molecule has 1 unspecified atom stereocenters. The largest absolute Gasteiger partial charge is 0.339 e. The summed E-state index contributed by atoms with van der Waals surface area (Å²) >= 11 is 0. The maximum Gasteiger partial charge on any atom is 0.245 e. The Labute approximate surface area is 122 Å². The Balaban J connectivity index is 2.09. The van der Waals surface area contributed by atoms with E-state index in [0.717, 1.165) is 56.4 Å². The van der Waals surface area contributed by atoms with Crippen molar-refractivity contribution in [1.82, 2.24) is 20.5 Å². The summed E-state index contributed by atoms with van der Waals surface area (Å²) in [5, 5.41) is 12.2. The second kappa shape index (κ2) is 7.53. The quantitative estimate of drug-likeness (QED) is 0.859. The molecule has 1 N–H and O–H groups in total. The molecule has 0 saturated carbocycles. The molecule has 1 aromatic heterocycles. The molecule has 1 fully saturated rings. The van der Waals surface area contributed by atoms with Gasteiger partial charge in [-0.2, -0.15) is 5.10 Å². The van der Waals surface area contributed by atoms with Gasteiger partial charge in [-0.05, 0) is 51.6 Å². The fraction of sp³-hybridized carbons (Fsp3) is 0.800. The van der Waals surface area contributed by atoms with E-state index in [1.165, 1.54) is 12.8 Å². The van der Waals surface area contributed by atoms with Gasteiger partial charge in [0.25, 0.3) is 0 Å². The second-order valence-corrected chi connectivity index (χ2v) is 5.46. The second-order valence-electron chi connectivity index (χ2n) is 5.46. The fourth-order valence-corrected chi connectivity index (χ4v) is 2.81. The van der Waals surface area contributed by atoms with E-state index in [-0.39, 0.29) is 0 Å². The first kappa shape index (κ1) is 15.2. The summed E-state index contributed by atoms with van der Waals surface area (Å²) in [6.07, 6.45) is 4.40. The Morgan fingerprint density at radius 2 is 1.95 bits per heavy atom. The highest BCUT2D eigenvalue weighted by Gasteiger charge is 2.19. The van der Waals surface area contributed by atoms with E-state index < -0.39 is 0 Å². The van der Waals surface area contributed by atoms with Crippen LogP contribution in [-0.4, -0.2) is 41.4 Å². The van der Waals surface area contributed by atoms with Crippen LogP contribution in [0.4, 0.5) is 5.95 Å². The topological polar surface area (TPSA) is 53.9 Å². The summed E-state index contributed by atoms with van der Waals surface area (Å²) in [4.78, 5) is 7.00. The van der Waals surface area contributed by atoms with E-state index in [2.05, 4.69) is 41.2 Å². The number of rotatable bonds is 6. The molecule has 1 aliphatic heterocycles. The van der Waals surface area contributed by atoms with E-state index in [1.54, 1.807) is 0 Å². The van der Waals surface area contributed by atoms with Crippen LogP contribution < -0.4 is 10.2 Å². The van der Waals surface area contributed by atoms with Crippen LogP contribution in [0.3, 0.4) is 0 Å². The maximum absolute atomic E-state index is 4.73. The molecule has 0 radical (unpaired) electrons. The van der Waals surface area contributed by atoms with Crippen molar-refractivity contribution in [3.8, 4) is 0 Å². The highest BCUT2D eigenvalue weighted by atomic mass is 15.3. The molecule has 0 amide bonds. The third kappa shape index (κ3) is 3.66. The Hall–Kier alpha value is -1.23. The zero-order valence-corrected chi connectivity index (χ0v) is 13.0. The predicted octanol–water partition coefficient (Wildman–Crippen LogP) is 1.82. The van der Waals surface area contributed by atoms with Gasteiger partial charge in [-0.1, -0.05) is 13.8 Å². The van der Waals surface area contributed by atoms with Crippen molar-refractivity contribution >= 4 is 5.95 Å². The first-order valence-electron chi connectivity index (χ1n) is 7.96. The van der Waals surface area contributed by atoms with Gasteiger partial charge in [-0.15, -0.1) is 5.10 Å². The Morgan fingerprint density at radius 3 is 2.55 bits per heavy atom. The monoisotopic (exact) mass is 277 g/mol. The van der Waals surface area contributed by atoms with Crippen LogP contribution in [0, 0.1) is 5.92 Å². The molecule has 1 aromatic rings. The van der Waals surface area contributed by atoms with Gasteiger partial charge >= 0.3 is 0 Å². The lowest BCUT2D eigenvalue weighted by Gasteiger charge is -2.29. The molecule has 5 nitrogen and oxygen atoms in total. The van der Waals surface area contributed by atoms with Crippen LogP contribution in [0.2, 0.25) is 0 Å². The first-order valence-corrected chi connectivity index (χ1v) is 7.96. The molecule has 2 heterocycles. The fourth-order valence-electron chi connectivity index (χ4n) is 2.81. The minimum Gasteiger partial charge on any atom is -0.339 e. The lowest BCUT2D eigenvalue weighted by Crippen LogP contribution is -2.39. The molecule has 20 heavy (non-hydrogen) atoms. The molecule has 0 bridgehead atoms. The molecule has 1 saturated heterocycles. The van der Waals surface area contributed by atoms with Crippen LogP contribution in [0.25, 0.3) is 0 Å². The minimum absolute atomic E-state index is 0.697. The highest BCUT2D eigenvalue weighted by molar-refractivity contribution is 5.30. The van der Waals surface area contributed by atoms with E-state index in [4.69, 9.17) is 4.98 Å². The van der Waals surface area contributed by atoms with Gasteiger partial charge < -0.3 is 10.2 Å². The summed E-state index contributed by atoms with van der Waals surface area (Å²) in [5.41, 5.74) is 2.13. The molecule has 2 rings (SSSR count). The molecule has 0 aliphatic carbocycles. The normalized spacial score (nSPS) is 19.1. The van der Waals surface area contributed by atoms with E-state index in [1.807, 2.05) is 0 Å². The number of aryl methyl sites for hydroxylation is 2. The molecule has 1 atom stereocenters. The van der Waals surface area contributed by atoms with Gasteiger partial charge in [0.15, 0.2) is 0 Å². The number of hydrogen-bond donors (Lipinski definition) is 1. The van der Waals surface area contributed by atoms with Crippen molar-refractivity contribution < 1.29 is 0 Å². The molecular formula is C15H27N5. The summed E-state index contributed by atoms with van der Waals surface area (Å²) in [6.45, 7) is 10.6. The lowest BCUT2D eigenvalue weighted by molar-refractivity contribution is 0.376. The first-order chi connectivity index (χ1) is 9.78. The molecule has 5 heteroatoms. The van der Waals surface area contributed by atoms with Crippen molar-refractivity contribution in [3.63, 3.8) is 0 Å². The van der Waals surface area contributed by atoms with Gasteiger partial charge in [0.05, 0.1) is 11.4 Å². The van der Waals surface area contributed by atoms with E-state index in [0.29, 0.717) is 5.92 Å². The van der Waals surface area contributed by atoms with Crippen molar-refractivity contribution in [1.29, 1.82) is 0 Å². The Morgan fingerprint density at radius 1 is 1.15 bits per heavy atom. The van der Waals surface area contributed by atoms with Crippen LogP contribution in [-0.2, 0) is 12.8 Å². The van der Waals surface area contributed by atoms with Gasteiger partial charge in [-0.25, -0.2) is 4.98 Å². The van der Waals surface area contributed by atoms with Gasteiger partial charge in [-0.3, -0.25) is 0 Å². The number of piperidine rings is 1. The lowest BCUT2D eigenvalue weighted by atomic mass is 9.99. The van der Waals surface area contributed by atoms with E-state index >= 15 is 0 Å². The smallest absolute Gasteiger partial charge is 0.245 e. The van der Waals surface area contributed by atoms with Gasteiger partial charge in [0, 0.05) is 13.1 Å². The SMILES string of the molecule is CCc1nnc(N(CC)CC2CCCNC2)nc1CC. The van der Waals surface area contributed by atoms with Crippen molar-refractivity contribution in [2.45, 2.75) is 46.5 Å². The number of aromatic nitrogens is 3. The number of nitrogens with zero attached hydrogens (tertiary/aromatic N) is 4. The minimum atomic E-state index is 0.697. The number of anilines is 1. The van der Waals surface area contributed by atoms with Crippen LogP contribution in [0.15, 0.2) is 0 Å². The number of hydrogen-bond acceptors (Lipinski definition) is 5. The zero-order chi connectivity index (χ0) is 14.4. The van der Waals surface area contributed by atoms with Gasteiger partial charge in [0.2, 0.25) is 5.95 Å². The average Bonchev–Trinajstić information content (AvgIpc) is 2.53. The Bertz CT molecular complexity index is 415. The third-order valence-electron chi connectivity index (χ3n) is 4.04.